The number of esters is 1. The Morgan fingerprint density at radius 2 is 1.85 bits per heavy atom. The molecule has 1 aliphatic rings. The Morgan fingerprint density at radius 1 is 1.19 bits per heavy atom. The van der Waals surface area contributed by atoms with Gasteiger partial charge in [0, 0.05) is 6.42 Å². The van der Waals surface area contributed by atoms with Crippen LogP contribution in [0.4, 0.5) is 4.79 Å². The molecule has 0 bridgehead atoms. The maximum atomic E-state index is 12.3. The summed E-state index contributed by atoms with van der Waals surface area (Å²) >= 11 is 0. The third kappa shape index (κ3) is 6.09. The maximum Gasteiger partial charge on any atom is 0.407 e. The molecule has 0 spiro atoms. The number of carbonyl (C=O) groups is 4. The van der Waals surface area contributed by atoms with E-state index in [1.165, 1.54) is 0 Å². The molecule has 0 aliphatic carbocycles. The van der Waals surface area contributed by atoms with Gasteiger partial charge < -0.3 is 14.8 Å². The number of nitrogens with one attached hydrogen (secondary N) is 1. The van der Waals surface area contributed by atoms with Crippen LogP contribution in [0.25, 0.3) is 0 Å². The van der Waals surface area contributed by atoms with Gasteiger partial charge in [0.25, 0.3) is 0 Å². The molecule has 1 aromatic rings. The number of carbonyl (C=O) groups excluding carboxylic acids is 4. The first-order chi connectivity index (χ1) is 12.7. The van der Waals surface area contributed by atoms with Gasteiger partial charge in [-0.15, -0.1) is 0 Å². The van der Waals surface area contributed by atoms with Crippen LogP contribution in [0.5, 0.6) is 0 Å². The van der Waals surface area contributed by atoms with Gasteiger partial charge in [-0.25, -0.2) is 9.59 Å². The molecule has 0 radical (unpaired) electrons. The lowest BCUT2D eigenvalue weighted by molar-refractivity contribution is -0.165. The summed E-state index contributed by atoms with van der Waals surface area (Å²) in [5.41, 5.74) is 0.0791. The number of rotatable bonds is 5. The molecule has 0 aromatic heterocycles. The summed E-state index contributed by atoms with van der Waals surface area (Å²) in [5.74, 6) is -1.77. The third-order valence-corrected chi connectivity index (χ3v) is 3.76. The minimum atomic E-state index is -0.966. The largest absolute Gasteiger partial charge is 0.458 e. The molecule has 0 saturated carbocycles. The fraction of sp³-hybridized carbons (Fsp3) is 0.474. The minimum absolute atomic E-state index is 0.0596. The number of ether oxygens (including phenoxy) is 2. The van der Waals surface area contributed by atoms with E-state index in [9.17, 15) is 19.2 Å². The van der Waals surface area contributed by atoms with Gasteiger partial charge in [0.2, 0.25) is 11.8 Å². The lowest BCUT2D eigenvalue weighted by Gasteiger charge is -2.26. The Morgan fingerprint density at radius 3 is 2.48 bits per heavy atom. The zero-order valence-electron chi connectivity index (χ0n) is 15.7. The van der Waals surface area contributed by atoms with Crippen molar-refractivity contribution in [2.45, 2.75) is 51.9 Å². The van der Waals surface area contributed by atoms with E-state index in [0.717, 1.165) is 10.5 Å². The Kier molecular flexibility index (Phi) is 6.55. The second-order valence-electron chi connectivity index (χ2n) is 7.16. The fourth-order valence-electron chi connectivity index (χ4n) is 2.60. The first kappa shape index (κ1) is 20.4. The molecule has 1 saturated heterocycles. The predicted octanol–water partition coefficient (Wildman–Crippen LogP) is 1.77. The van der Waals surface area contributed by atoms with Crippen molar-refractivity contribution in [2.24, 2.45) is 0 Å². The van der Waals surface area contributed by atoms with Gasteiger partial charge in [-0.1, -0.05) is 30.3 Å². The van der Waals surface area contributed by atoms with Crippen LogP contribution >= 0.6 is 0 Å². The van der Waals surface area contributed by atoms with E-state index in [1.54, 1.807) is 32.9 Å². The summed E-state index contributed by atoms with van der Waals surface area (Å²) in [7, 11) is 0. The summed E-state index contributed by atoms with van der Waals surface area (Å²) in [6.45, 7) is 4.73. The van der Waals surface area contributed by atoms with Crippen molar-refractivity contribution in [3.8, 4) is 0 Å². The summed E-state index contributed by atoms with van der Waals surface area (Å²) in [6.07, 6.45) is -0.501. The van der Waals surface area contributed by atoms with Gasteiger partial charge in [0.05, 0.1) is 0 Å². The molecule has 1 aliphatic heterocycles. The molecule has 8 heteroatoms. The zero-order chi connectivity index (χ0) is 20.0. The molecule has 1 aromatic carbocycles. The molecule has 0 unspecified atom stereocenters. The van der Waals surface area contributed by atoms with E-state index < -0.39 is 42.1 Å². The van der Waals surface area contributed by atoms with E-state index in [-0.39, 0.29) is 19.4 Å². The van der Waals surface area contributed by atoms with Crippen LogP contribution in [0.15, 0.2) is 30.3 Å². The van der Waals surface area contributed by atoms with Crippen LogP contribution in [0.3, 0.4) is 0 Å². The highest BCUT2D eigenvalue weighted by Gasteiger charge is 2.42. The SMILES string of the molecule is CC(C)(C)OC(=O)[C@@H]1CCC(=O)N1C(=O)CNC(=O)OCc1ccccc1. The highest BCUT2D eigenvalue weighted by Crippen LogP contribution is 2.22. The molecular formula is C19H24N2O6. The minimum Gasteiger partial charge on any atom is -0.458 e. The Bertz CT molecular complexity index is 711. The average molecular weight is 376 g/mol. The highest BCUT2D eigenvalue weighted by molar-refractivity contribution is 6.03. The first-order valence-electron chi connectivity index (χ1n) is 8.69. The molecule has 146 valence electrons. The smallest absolute Gasteiger partial charge is 0.407 e. The zero-order valence-corrected chi connectivity index (χ0v) is 15.7. The van der Waals surface area contributed by atoms with Gasteiger partial charge in [-0.3, -0.25) is 14.5 Å². The molecule has 1 fully saturated rings. The van der Waals surface area contributed by atoms with Crippen LogP contribution < -0.4 is 5.32 Å². The van der Waals surface area contributed by atoms with Gasteiger partial charge in [0.1, 0.15) is 24.8 Å². The van der Waals surface area contributed by atoms with Crippen molar-refractivity contribution >= 4 is 23.9 Å². The molecule has 1 heterocycles. The lowest BCUT2D eigenvalue weighted by atomic mass is 10.1. The van der Waals surface area contributed by atoms with Crippen LogP contribution in [0.2, 0.25) is 0 Å². The summed E-state index contributed by atoms with van der Waals surface area (Å²) in [6, 6.07) is 8.10. The van der Waals surface area contributed by atoms with Crippen molar-refractivity contribution in [3.63, 3.8) is 0 Å². The second-order valence-corrected chi connectivity index (χ2v) is 7.16. The molecule has 1 atom stereocenters. The number of imide groups is 1. The standard InChI is InChI=1S/C19H24N2O6/c1-19(2,3)27-17(24)14-9-10-15(22)21(14)16(23)11-20-18(25)26-12-13-7-5-4-6-8-13/h4-8,14H,9-12H2,1-3H3,(H,20,25)/t14-/m0/s1. The van der Waals surface area contributed by atoms with E-state index in [1.807, 2.05) is 18.2 Å². The average Bonchev–Trinajstić information content (AvgIpc) is 2.99. The van der Waals surface area contributed by atoms with Crippen molar-refractivity contribution in [3.05, 3.63) is 35.9 Å². The summed E-state index contributed by atoms with van der Waals surface area (Å²) in [4.78, 5) is 49.2. The molecule has 1 N–H and O–H groups in total. The van der Waals surface area contributed by atoms with E-state index >= 15 is 0 Å². The first-order valence-corrected chi connectivity index (χ1v) is 8.69. The van der Waals surface area contributed by atoms with Gasteiger partial charge in [-0.2, -0.15) is 0 Å². The van der Waals surface area contributed by atoms with Crippen LogP contribution in [0.1, 0.15) is 39.2 Å². The molecular weight excluding hydrogens is 352 g/mol. The molecule has 8 nitrogen and oxygen atoms in total. The predicted molar refractivity (Wildman–Crippen MR) is 95.3 cm³/mol. The number of nitrogens with zero attached hydrogens (tertiary/aromatic N) is 1. The normalized spacial score (nSPS) is 16.8. The Labute approximate surface area is 157 Å². The van der Waals surface area contributed by atoms with E-state index in [4.69, 9.17) is 9.47 Å². The topological polar surface area (TPSA) is 102 Å². The van der Waals surface area contributed by atoms with Gasteiger partial charge >= 0.3 is 12.1 Å². The van der Waals surface area contributed by atoms with Crippen LogP contribution in [-0.2, 0) is 30.5 Å². The molecule has 2 rings (SSSR count). The summed E-state index contributed by atoms with van der Waals surface area (Å²) in [5, 5.41) is 2.30. The molecule has 27 heavy (non-hydrogen) atoms. The number of benzene rings is 1. The van der Waals surface area contributed by atoms with Crippen molar-refractivity contribution in [1.82, 2.24) is 10.2 Å². The van der Waals surface area contributed by atoms with E-state index in [0.29, 0.717) is 0 Å². The number of likely N-dealkylation sites (tertiary alicyclic amines) is 1. The van der Waals surface area contributed by atoms with Gasteiger partial charge in [0.15, 0.2) is 0 Å². The van der Waals surface area contributed by atoms with Crippen molar-refractivity contribution in [2.75, 3.05) is 6.54 Å². The van der Waals surface area contributed by atoms with Crippen molar-refractivity contribution < 1.29 is 28.7 Å². The number of hydrogen-bond acceptors (Lipinski definition) is 6. The van der Waals surface area contributed by atoms with Crippen LogP contribution in [0, 0.1) is 0 Å². The van der Waals surface area contributed by atoms with Crippen LogP contribution in [-0.4, -0.2) is 47.0 Å². The van der Waals surface area contributed by atoms with E-state index in [2.05, 4.69) is 5.32 Å². The Balaban J connectivity index is 1.86. The summed E-state index contributed by atoms with van der Waals surface area (Å²) < 4.78 is 10.3. The van der Waals surface area contributed by atoms with Gasteiger partial charge in [-0.05, 0) is 32.8 Å². The Hall–Kier alpha value is -2.90. The maximum absolute atomic E-state index is 12.3. The van der Waals surface area contributed by atoms with Crippen molar-refractivity contribution in [1.29, 1.82) is 0 Å². The fourth-order valence-corrected chi connectivity index (χ4v) is 2.60. The number of amides is 3. The lowest BCUT2D eigenvalue weighted by Crippen LogP contribution is -2.49. The second kappa shape index (κ2) is 8.66. The molecule has 3 amide bonds. The highest BCUT2D eigenvalue weighted by atomic mass is 16.6. The monoisotopic (exact) mass is 376 g/mol. The quantitative estimate of drug-likeness (QED) is 0.786. The third-order valence-electron chi connectivity index (χ3n) is 3.76. The number of hydrogen-bond donors (Lipinski definition) is 1. The number of alkyl carbamates (subject to hydrolysis) is 1.